The lowest BCUT2D eigenvalue weighted by atomic mass is 10.1. The molecule has 0 unspecified atom stereocenters. The standard InChI is InChI=1S/C14H16N4O/c1-9-16-12-6-10(4-5-14(12)19-9)13-7-11(8-15-2)17-18(13)3/h4-7,15H,8H2,1-3H3. The molecule has 1 aromatic carbocycles. The Bertz CT molecular complexity index is 726. The van der Waals surface area contributed by atoms with Gasteiger partial charge in [0.2, 0.25) is 0 Å². The average molecular weight is 256 g/mol. The van der Waals surface area contributed by atoms with Crippen molar-refractivity contribution in [2.24, 2.45) is 7.05 Å². The summed E-state index contributed by atoms with van der Waals surface area (Å²) < 4.78 is 7.38. The van der Waals surface area contributed by atoms with Gasteiger partial charge < -0.3 is 9.73 Å². The Labute approximate surface area is 111 Å². The van der Waals surface area contributed by atoms with E-state index in [1.807, 2.05) is 43.9 Å². The quantitative estimate of drug-likeness (QED) is 0.781. The summed E-state index contributed by atoms with van der Waals surface area (Å²) in [5.41, 5.74) is 4.90. The Hall–Kier alpha value is -2.14. The molecule has 0 amide bonds. The molecule has 0 spiro atoms. The number of hydrogen-bond acceptors (Lipinski definition) is 4. The third kappa shape index (κ3) is 2.13. The molecular weight excluding hydrogens is 240 g/mol. The number of oxazole rings is 1. The van der Waals surface area contributed by atoms with Crippen molar-refractivity contribution in [2.45, 2.75) is 13.5 Å². The van der Waals surface area contributed by atoms with Crippen molar-refractivity contribution in [1.29, 1.82) is 0 Å². The molecule has 2 aromatic heterocycles. The Kier molecular flexibility index (Phi) is 2.83. The molecule has 5 nitrogen and oxygen atoms in total. The fraction of sp³-hybridized carbons (Fsp3) is 0.286. The van der Waals surface area contributed by atoms with Gasteiger partial charge in [0.05, 0.1) is 11.4 Å². The van der Waals surface area contributed by atoms with E-state index >= 15 is 0 Å². The van der Waals surface area contributed by atoms with Crippen LogP contribution in [0.1, 0.15) is 11.6 Å². The van der Waals surface area contributed by atoms with E-state index in [-0.39, 0.29) is 0 Å². The normalized spacial score (nSPS) is 11.3. The molecule has 0 saturated carbocycles. The van der Waals surface area contributed by atoms with Gasteiger partial charge in [-0.15, -0.1) is 0 Å². The van der Waals surface area contributed by atoms with Crippen LogP contribution in [0, 0.1) is 6.92 Å². The predicted octanol–water partition coefficient (Wildman–Crippen LogP) is 2.26. The fourth-order valence-corrected chi connectivity index (χ4v) is 2.27. The molecule has 0 aliphatic carbocycles. The molecule has 19 heavy (non-hydrogen) atoms. The maximum Gasteiger partial charge on any atom is 0.192 e. The number of hydrogen-bond donors (Lipinski definition) is 1. The summed E-state index contributed by atoms with van der Waals surface area (Å²) in [6, 6.07) is 8.11. The third-order valence-electron chi connectivity index (χ3n) is 3.08. The van der Waals surface area contributed by atoms with Crippen LogP contribution in [0.15, 0.2) is 28.7 Å². The molecule has 0 bridgehead atoms. The van der Waals surface area contributed by atoms with Crippen LogP contribution in [0.3, 0.4) is 0 Å². The summed E-state index contributed by atoms with van der Waals surface area (Å²) >= 11 is 0. The number of nitrogens with zero attached hydrogens (tertiary/aromatic N) is 3. The van der Waals surface area contributed by atoms with E-state index in [0.717, 1.165) is 34.6 Å². The Morgan fingerprint density at radius 1 is 1.32 bits per heavy atom. The summed E-state index contributed by atoms with van der Waals surface area (Å²) in [4.78, 5) is 4.36. The number of fused-ring (bicyclic) bond motifs is 1. The molecule has 98 valence electrons. The van der Waals surface area contributed by atoms with Crippen molar-refractivity contribution < 1.29 is 4.42 Å². The van der Waals surface area contributed by atoms with Gasteiger partial charge in [-0.05, 0) is 31.3 Å². The van der Waals surface area contributed by atoms with Crippen LogP contribution < -0.4 is 5.32 Å². The minimum Gasteiger partial charge on any atom is -0.441 e. The lowest BCUT2D eigenvalue weighted by Crippen LogP contribution is -2.05. The van der Waals surface area contributed by atoms with Crippen LogP contribution in [0.4, 0.5) is 0 Å². The van der Waals surface area contributed by atoms with Gasteiger partial charge in [0.25, 0.3) is 0 Å². The zero-order valence-electron chi connectivity index (χ0n) is 11.3. The smallest absolute Gasteiger partial charge is 0.192 e. The van der Waals surface area contributed by atoms with Crippen LogP contribution in [0.5, 0.6) is 0 Å². The topological polar surface area (TPSA) is 55.9 Å². The zero-order valence-corrected chi connectivity index (χ0v) is 11.3. The highest BCUT2D eigenvalue weighted by molar-refractivity contribution is 5.79. The van der Waals surface area contributed by atoms with Crippen LogP contribution in [-0.4, -0.2) is 21.8 Å². The number of aromatic nitrogens is 3. The van der Waals surface area contributed by atoms with Crippen molar-refractivity contribution in [1.82, 2.24) is 20.1 Å². The van der Waals surface area contributed by atoms with E-state index in [1.165, 1.54) is 0 Å². The highest BCUT2D eigenvalue weighted by Crippen LogP contribution is 2.25. The Balaban J connectivity index is 2.07. The average Bonchev–Trinajstić information content (AvgIpc) is 2.90. The van der Waals surface area contributed by atoms with E-state index in [9.17, 15) is 0 Å². The first-order chi connectivity index (χ1) is 9.17. The molecule has 0 saturated heterocycles. The fourth-order valence-electron chi connectivity index (χ4n) is 2.27. The molecule has 0 atom stereocenters. The van der Waals surface area contributed by atoms with Crippen molar-refractivity contribution in [2.75, 3.05) is 7.05 Å². The van der Waals surface area contributed by atoms with Crippen LogP contribution in [-0.2, 0) is 13.6 Å². The van der Waals surface area contributed by atoms with Gasteiger partial charge in [-0.3, -0.25) is 4.68 Å². The summed E-state index contributed by atoms with van der Waals surface area (Å²) in [5.74, 6) is 0.688. The van der Waals surface area contributed by atoms with Gasteiger partial charge >= 0.3 is 0 Å². The first-order valence-electron chi connectivity index (χ1n) is 6.22. The van der Waals surface area contributed by atoms with Crippen molar-refractivity contribution in [3.05, 3.63) is 35.9 Å². The molecule has 0 aliphatic heterocycles. The number of nitrogens with one attached hydrogen (secondary N) is 1. The number of rotatable bonds is 3. The Morgan fingerprint density at radius 3 is 2.95 bits per heavy atom. The van der Waals surface area contributed by atoms with Gasteiger partial charge in [0, 0.05) is 26.1 Å². The van der Waals surface area contributed by atoms with E-state index in [0.29, 0.717) is 5.89 Å². The molecule has 0 aliphatic rings. The maximum atomic E-state index is 5.49. The van der Waals surface area contributed by atoms with E-state index in [4.69, 9.17) is 4.42 Å². The monoisotopic (exact) mass is 256 g/mol. The Morgan fingerprint density at radius 2 is 2.16 bits per heavy atom. The minimum absolute atomic E-state index is 0.688. The molecule has 0 radical (unpaired) electrons. The van der Waals surface area contributed by atoms with E-state index in [1.54, 1.807) is 0 Å². The lowest BCUT2D eigenvalue weighted by molar-refractivity contribution is 0.561. The van der Waals surface area contributed by atoms with Crippen LogP contribution in [0.2, 0.25) is 0 Å². The van der Waals surface area contributed by atoms with Gasteiger partial charge in [-0.2, -0.15) is 5.10 Å². The third-order valence-corrected chi connectivity index (χ3v) is 3.08. The zero-order chi connectivity index (χ0) is 13.4. The van der Waals surface area contributed by atoms with Gasteiger partial charge in [-0.1, -0.05) is 0 Å². The second-order valence-electron chi connectivity index (χ2n) is 4.59. The first kappa shape index (κ1) is 11.9. The van der Waals surface area contributed by atoms with Crippen molar-refractivity contribution in [3.8, 4) is 11.3 Å². The summed E-state index contributed by atoms with van der Waals surface area (Å²) in [7, 11) is 3.87. The van der Waals surface area contributed by atoms with Crippen LogP contribution in [0.25, 0.3) is 22.4 Å². The summed E-state index contributed by atoms with van der Waals surface area (Å²) in [6.07, 6.45) is 0. The van der Waals surface area contributed by atoms with Gasteiger partial charge in [0.1, 0.15) is 5.52 Å². The second kappa shape index (κ2) is 4.51. The highest BCUT2D eigenvalue weighted by Gasteiger charge is 2.09. The molecule has 5 heteroatoms. The molecule has 1 N–H and O–H groups in total. The molecule has 3 aromatic rings. The number of benzene rings is 1. The van der Waals surface area contributed by atoms with Crippen molar-refractivity contribution in [3.63, 3.8) is 0 Å². The molecule has 3 rings (SSSR count). The molecule has 2 heterocycles. The van der Waals surface area contributed by atoms with Gasteiger partial charge in [-0.25, -0.2) is 4.98 Å². The first-order valence-corrected chi connectivity index (χ1v) is 6.22. The summed E-state index contributed by atoms with van der Waals surface area (Å²) in [5, 5.41) is 7.58. The van der Waals surface area contributed by atoms with E-state index < -0.39 is 0 Å². The maximum absolute atomic E-state index is 5.49. The molecular formula is C14H16N4O. The van der Waals surface area contributed by atoms with Gasteiger partial charge in [0.15, 0.2) is 11.5 Å². The SMILES string of the molecule is CNCc1cc(-c2ccc3oc(C)nc3c2)n(C)n1. The van der Waals surface area contributed by atoms with E-state index in [2.05, 4.69) is 21.5 Å². The second-order valence-corrected chi connectivity index (χ2v) is 4.59. The number of aryl methyl sites for hydroxylation is 2. The van der Waals surface area contributed by atoms with Crippen molar-refractivity contribution >= 4 is 11.1 Å². The molecule has 0 fully saturated rings. The summed E-state index contributed by atoms with van der Waals surface area (Å²) in [6.45, 7) is 2.62. The minimum atomic E-state index is 0.688. The lowest BCUT2D eigenvalue weighted by Gasteiger charge is -2.00. The highest BCUT2D eigenvalue weighted by atomic mass is 16.3. The predicted molar refractivity (Wildman–Crippen MR) is 73.7 cm³/mol. The van der Waals surface area contributed by atoms with Crippen LogP contribution >= 0.6 is 0 Å². The largest absolute Gasteiger partial charge is 0.441 e.